The predicted molar refractivity (Wildman–Crippen MR) is 94.9 cm³/mol. The highest BCUT2D eigenvalue weighted by molar-refractivity contribution is 5.89. The van der Waals surface area contributed by atoms with Crippen molar-refractivity contribution in [3.63, 3.8) is 0 Å². The smallest absolute Gasteiger partial charge is 0.322 e. The average molecular weight is 318 g/mol. The number of rotatable bonds is 4. The predicted octanol–water partition coefficient (Wildman–Crippen LogP) is 4.28. The summed E-state index contributed by atoms with van der Waals surface area (Å²) >= 11 is 0. The third-order valence-electron chi connectivity index (χ3n) is 4.85. The van der Waals surface area contributed by atoms with Crippen LogP contribution in [0.25, 0.3) is 0 Å². The van der Waals surface area contributed by atoms with E-state index in [-0.39, 0.29) is 12.1 Å². The number of nitrogens with zero attached hydrogens (tertiary/aromatic N) is 1. The van der Waals surface area contributed by atoms with Gasteiger partial charge < -0.3 is 15.3 Å². The maximum Gasteiger partial charge on any atom is 0.322 e. The van der Waals surface area contributed by atoms with Crippen LogP contribution in [0.4, 0.5) is 10.5 Å². The van der Waals surface area contributed by atoms with Gasteiger partial charge in [0.1, 0.15) is 0 Å². The minimum Gasteiger partial charge on any atom is -0.391 e. The van der Waals surface area contributed by atoms with Gasteiger partial charge in [-0.1, -0.05) is 32.8 Å². The Labute approximate surface area is 139 Å². The molecular weight excluding hydrogens is 288 g/mol. The van der Waals surface area contributed by atoms with E-state index in [1.165, 1.54) is 11.1 Å². The molecular formula is C19H30N2O2. The lowest BCUT2D eigenvalue weighted by atomic mass is 9.91. The van der Waals surface area contributed by atoms with Gasteiger partial charge in [0.25, 0.3) is 0 Å². The fourth-order valence-electron chi connectivity index (χ4n) is 3.52. The zero-order valence-electron chi connectivity index (χ0n) is 14.8. The van der Waals surface area contributed by atoms with Crippen LogP contribution in [-0.4, -0.2) is 34.7 Å². The Bertz CT molecular complexity index is 542. The Morgan fingerprint density at radius 2 is 2.04 bits per heavy atom. The van der Waals surface area contributed by atoms with Gasteiger partial charge >= 0.3 is 6.03 Å². The van der Waals surface area contributed by atoms with Crippen molar-refractivity contribution in [1.29, 1.82) is 0 Å². The summed E-state index contributed by atoms with van der Waals surface area (Å²) in [7, 11) is 0. The molecule has 4 nitrogen and oxygen atoms in total. The van der Waals surface area contributed by atoms with E-state index < -0.39 is 6.10 Å². The van der Waals surface area contributed by atoms with E-state index in [0.29, 0.717) is 12.5 Å². The first kappa shape index (κ1) is 17.8. The molecule has 0 spiro atoms. The Morgan fingerprint density at radius 3 is 2.65 bits per heavy atom. The van der Waals surface area contributed by atoms with Gasteiger partial charge in [-0.25, -0.2) is 4.79 Å². The van der Waals surface area contributed by atoms with Crippen molar-refractivity contribution in [2.24, 2.45) is 0 Å². The third kappa shape index (κ3) is 4.25. The summed E-state index contributed by atoms with van der Waals surface area (Å²) in [6.45, 7) is 8.99. The molecule has 2 rings (SSSR count). The standard InChI is InChI=1S/C19H30N2O2/c1-5-21(17-8-6-7-9-18(17)22)19(23)20-15-11-10-14(4)16(12-15)13(2)3/h10-13,17-18,22H,5-9H2,1-4H3,(H,20,23). The number of amides is 2. The van der Waals surface area contributed by atoms with E-state index >= 15 is 0 Å². The number of benzene rings is 1. The van der Waals surface area contributed by atoms with Crippen LogP contribution in [0.3, 0.4) is 0 Å². The highest BCUT2D eigenvalue weighted by Crippen LogP contribution is 2.25. The van der Waals surface area contributed by atoms with Gasteiger partial charge in [-0.15, -0.1) is 0 Å². The van der Waals surface area contributed by atoms with Gasteiger partial charge in [0, 0.05) is 12.2 Å². The van der Waals surface area contributed by atoms with Gasteiger partial charge in [-0.3, -0.25) is 0 Å². The van der Waals surface area contributed by atoms with Crippen molar-refractivity contribution < 1.29 is 9.90 Å². The van der Waals surface area contributed by atoms with Crippen molar-refractivity contribution in [3.8, 4) is 0 Å². The Kier molecular flexibility index (Phi) is 6.05. The molecule has 1 aromatic carbocycles. The van der Waals surface area contributed by atoms with Crippen LogP contribution in [-0.2, 0) is 0 Å². The first-order valence-electron chi connectivity index (χ1n) is 8.80. The number of urea groups is 1. The molecule has 1 aromatic rings. The summed E-state index contributed by atoms with van der Waals surface area (Å²) in [4.78, 5) is 14.4. The van der Waals surface area contributed by atoms with Crippen LogP contribution in [0.2, 0.25) is 0 Å². The summed E-state index contributed by atoms with van der Waals surface area (Å²) in [6, 6.07) is 5.88. The van der Waals surface area contributed by atoms with Gasteiger partial charge in [0.05, 0.1) is 12.1 Å². The molecule has 0 aromatic heterocycles. The lowest BCUT2D eigenvalue weighted by Gasteiger charge is -2.37. The van der Waals surface area contributed by atoms with E-state index in [2.05, 4.69) is 38.2 Å². The van der Waals surface area contributed by atoms with Gasteiger partial charge in [0.2, 0.25) is 0 Å². The summed E-state index contributed by atoms with van der Waals surface area (Å²) in [5, 5.41) is 13.2. The van der Waals surface area contributed by atoms with E-state index in [1.807, 2.05) is 13.0 Å². The SMILES string of the molecule is CCN(C(=O)Nc1ccc(C)c(C(C)C)c1)C1CCCCC1O. The van der Waals surface area contributed by atoms with Crippen molar-refractivity contribution in [2.45, 2.75) is 71.4 Å². The Balaban J connectivity index is 2.11. The molecule has 0 radical (unpaired) electrons. The number of aliphatic hydroxyl groups excluding tert-OH is 1. The molecule has 2 amide bonds. The summed E-state index contributed by atoms with van der Waals surface area (Å²) in [6.07, 6.45) is 3.39. The molecule has 2 unspecified atom stereocenters. The first-order chi connectivity index (χ1) is 10.9. The van der Waals surface area contributed by atoms with Crippen molar-refractivity contribution in [1.82, 2.24) is 4.90 Å². The molecule has 2 N–H and O–H groups in total. The van der Waals surface area contributed by atoms with Crippen molar-refractivity contribution in [2.75, 3.05) is 11.9 Å². The highest BCUT2D eigenvalue weighted by Gasteiger charge is 2.30. The molecule has 4 heteroatoms. The first-order valence-corrected chi connectivity index (χ1v) is 8.80. The normalized spacial score (nSPS) is 21.3. The lowest BCUT2D eigenvalue weighted by molar-refractivity contribution is 0.0416. The minimum atomic E-state index is -0.404. The Morgan fingerprint density at radius 1 is 1.35 bits per heavy atom. The lowest BCUT2D eigenvalue weighted by Crippen LogP contribution is -2.50. The van der Waals surface area contributed by atoms with E-state index in [0.717, 1.165) is 31.4 Å². The fraction of sp³-hybridized carbons (Fsp3) is 0.632. The zero-order valence-corrected chi connectivity index (χ0v) is 14.8. The van der Waals surface area contributed by atoms with E-state index in [9.17, 15) is 9.90 Å². The molecule has 1 fully saturated rings. The number of carbonyl (C=O) groups is 1. The second kappa shape index (κ2) is 7.82. The number of aliphatic hydroxyl groups is 1. The molecule has 0 heterocycles. The number of nitrogens with one attached hydrogen (secondary N) is 1. The molecule has 0 aliphatic heterocycles. The molecule has 0 bridgehead atoms. The second-order valence-electron chi connectivity index (χ2n) is 6.86. The largest absolute Gasteiger partial charge is 0.391 e. The Hall–Kier alpha value is -1.55. The van der Waals surface area contributed by atoms with Gasteiger partial charge in [0.15, 0.2) is 0 Å². The molecule has 128 valence electrons. The topological polar surface area (TPSA) is 52.6 Å². The van der Waals surface area contributed by atoms with Crippen LogP contribution >= 0.6 is 0 Å². The minimum absolute atomic E-state index is 0.0660. The second-order valence-corrected chi connectivity index (χ2v) is 6.86. The quantitative estimate of drug-likeness (QED) is 0.871. The summed E-state index contributed by atoms with van der Waals surface area (Å²) < 4.78 is 0. The molecule has 2 atom stereocenters. The van der Waals surface area contributed by atoms with Crippen molar-refractivity contribution >= 4 is 11.7 Å². The molecule has 1 saturated carbocycles. The number of anilines is 1. The third-order valence-corrected chi connectivity index (χ3v) is 4.85. The van der Waals surface area contributed by atoms with Crippen molar-refractivity contribution in [3.05, 3.63) is 29.3 Å². The van der Waals surface area contributed by atoms with Crippen LogP contribution in [0.5, 0.6) is 0 Å². The summed E-state index contributed by atoms with van der Waals surface area (Å²) in [5.74, 6) is 0.425. The van der Waals surface area contributed by atoms with Gasteiger partial charge in [-0.05, 0) is 55.9 Å². The molecule has 1 aliphatic carbocycles. The van der Waals surface area contributed by atoms with Crippen LogP contribution in [0.1, 0.15) is 63.5 Å². The number of hydrogen-bond donors (Lipinski definition) is 2. The maximum atomic E-state index is 12.7. The number of carbonyl (C=O) groups excluding carboxylic acids is 1. The zero-order chi connectivity index (χ0) is 17.0. The molecule has 23 heavy (non-hydrogen) atoms. The fourth-order valence-corrected chi connectivity index (χ4v) is 3.52. The van der Waals surface area contributed by atoms with Gasteiger partial charge in [-0.2, -0.15) is 0 Å². The van der Waals surface area contributed by atoms with E-state index in [1.54, 1.807) is 4.90 Å². The monoisotopic (exact) mass is 318 g/mol. The summed E-state index contributed by atoms with van der Waals surface area (Å²) in [5.41, 5.74) is 3.32. The van der Waals surface area contributed by atoms with Crippen LogP contribution < -0.4 is 5.32 Å². The number of aryl methyl sites for hydroxylation is 1. The highest BCUT2D eigenvalue weighted by atomic mass is 16.3. The average Bonchev–Trinajstić information content (AvgIpc) is 2.51. The maximum absolute atomic E-state index is 12.7. The molecule has 1 aliphatic rings. The van der Waals surface area contributed by atoms with E-state index in [4.69, 9.17) is 0 Å². The molecule has 0 saturated heterocycles. The van der Waals surface area contributed by atoms with Crippen LogP contribution in [0.15, 0.2) is 18.2 Å². The number of hydrogen-bond acceptors (Lipinski definition) is 2. The van der Waals surface area contributed by atoms with Crippen LogP contribution in [0, 0.1) is 6.92 Å². The number of likely N-dealkylation sites (N-methyl/N-ethyl adjacent to an activating group) is 1.